The number of aromatic nitrogens is 1. The molecule has 10 heteroatoms. The second-order valence-electron chi connectivity index (χ2n) is 5.38. The highest BCUT2D eigenvalue weighted by atomic mass is 35.5. The van der Waals surface area contributed by atoms with Crippen molar-refractivity contribution in [3.05, 3.63) is 47.2 Å². The van der Waals surface area contributed by atoms with Crippen LogP contribution in [0.1, 0.15) is 24.3 Å². The Hall–Kier alpha value is -2.36. The molecule has 146 valence electrons. The lowest BCUT2D eigenvalue weighted by Crippen LogP contribution is -2.28. The van der Waals surface area contributed by atoms with Gasteiger partial charge in [0, 0.05) is 11.2 Å². The monoisotopic (exact) mass is 413 g/mol. The van der Waals surface area contributed by atoms with Gasteiger partial charge in [0.15, 0.2) is 0 Å². The number of amides is 1. The first-order chi connectivity index (χ1) is 12.8. The normalized spacial score (nSPS) is 11.2. The number of anilines is 1. The Labute approximate surface area is 162 Å². The fourth-order valence-electron chi connectivity index (χ4n) is 2.29. The molecule has 0 fully saturated rings. The molecule has 0 bridgehead atoms. The second kappa shape index (κ2) is 9.03. The van der Waals surface area contributed by atoms with Crippen LogP contribution in [0.3, 0.4) is 0 Å². The molecule has 0 spiro atoms. The molecule has 8 nitrogen and oxygen atoms in total. The smallest absolute Gasteiger partial charge is 0.355 e. The number of nitrogens with zero attached hydrogens (tertiary/aromatic N) is 1. The largest absolute Gasteiger partial charge is 0.461 e. The molecule has 0 saturated heterocycles. The number of esters is 1. The maximum atomic E-state index is 13.1. The number of benzene rings is 1. The summed E-state index contributed by atoms with van der Waals surface area (Å²) in [6.07, 6.45) is 1.23. The van der Waals surface area contributed by atoms with Crippen molar-refractivity contribution in [3.8, 4) is 0 Å². The maximum absolute atomic E-state index is 13.1. The van der Waals surface area contributed by atoms with Gasteiger partial charge in [0.05, 0.1) is 18.8 Å². The molecule has 1 aromatic heterocycles. The van der Waals surface area contributed by atoms with Crippen LogP contribution in [0.4, 0.5) is 5.69 Å². The van der Waals surface area contributed by atoms with Crippen LogP contribution in [-0.4, -0.2) is 44.0 Å². The van der Waals surface area contributed by atoms with Crippen LogP contribution in [0, 0.1) is 0 Å². The third kappa shape index (κ3) is 4.88. The fraction of sp³-hybridized carbons (Fsp3) is 0.294. The van der Waals surface area contributed by atoms with Crippen molar-refractivity contribution in [1.82, 2.24) is 9.29 Å². The van der Waals surface area contributed by atoms with Crippen LogP contribution in [0.5, 0.6) is 0 Å². The van der Waals surface area contributed by atoms with E-state index >= 15 is 0 Å². The predicted octanol–water partition coefficient (Wildman–Crippen LogP) is 2.10. The molecule has 0 aliphatic heterocycles. The SMILES string of the molecule is CCNCC(=O)Nc1ccc(Cl)cc1S(=O)(=O)n1cccc1C(=O)OCC. The number of nitrogens with one attached hydrogen (secondary N) is 2. The van der Waals surface area contributed by atoms with Crippen LogP contribution >= 0.6 is 11.6 Å². The molecule has 0 aliphatic rings. The average Bonchev–Trinajstić information content (AvgIpc) is 3.12. The molecule has 2 aromatic rings. The molecule has 1 amide bonds. The van der Waals surface area contributed by atoms with Crippen molar-refractivity contribution in [2.45, 2.75) is 18.7 Å². The number of ether oxygens (including phenoxy) is 1. The lowest BCUT2D eigenvalue weighted by molar-refractivity contribution is -0.115. The highest BCUT2D eigenvalue weighted by molar-refractivity contribution is 7.90. The van der Waals surface area contributed by atoms with Crippen LogP contribution < -0.4 is 10.6 Å². The Morgan fingerprint density at radius 3 is 2.63 bits per heavy atom. The van der Waals surface area contributed by atoms with Crippen molar-refractivity contribution in [3.63, 3.8) is 0 Å². The van der Waals surface area contributed by atoms with E-state index in [0.29, 0.717) is 6.54 Å². The summed E-state index contributed by atoms with van der Waals surface area (Å²) in [6, 6.07) is 6.83. The number of likely N-dealkylation sites (N-methyl/N-ethyl adjacent to an activating group) is 1. The zero-order valence-corrected chi connectivity index (χ0v) is 16.4. The van der Waals surface area contributed by atoms with Crippen molar-refractivity contribution in [2.24, 2.45) is 0 Å². The maximum Gasteiger partial charge on any atom is 0.355 e. The van der Waals surface area contributed by atoms with E-state index in [1.807, 2.05) is 6.92 Å². The fourth-order valence-corrected chi connectivity index (χ4v) is 4.04. The summed E-state index contributed by atoms with van der Waals surface area (Å²) >= 11 is 5.97. The van der Waals surface area contributed by atoms with E-state index in [1.54, 1.807) is 6.92 Å². The number of carbonyl (C=O) groups is 2. The van der Waals surface area contributed by atoms with Gasteiger partial charge in [0.2, 0.25) is 5.91 Å². The summed E-state index contributed by atoms with van der Waals surface area (Å²) in [4.78, 5) is 23.8. The minimum absolute atomic E-state index is 0.0240. The molecule has 2 rings (SSSR count). The van der Waals surface area contributed by atoms with Gasteiger partial charge in [-0.15, -0.1) is 0 Å². The molecule has 2 N–H and O–H groups in total. The van der Waals surface area contributed by atoms with Crippen LogP contribution in [0.25, 0.3) is 0 Å². The Balaban J connectivity index is 2.48. The molecule has 27 heavy (non-hydrogen) atoms. The summed E-state index contributed by atoms with van der Waals surface area (Å²) < 4.78 is 31.9. The standard InChI is InChI=1S/C17H20ClN3O5S/c1-3-19-11-16(22)20-13-8-7-12(18)10-15(13)27(24,25)21-9-5-6-14(21)17(23)26-4-2/h5-10,19H,3-4,11H2,1-2H3,(H,20,22). The van der Waals surface area contributed by atoms with E-state index in [1.165, 1.54) is 36.5 Å². The van der Waals surface area contributed by atoms with Crippen molar-refractivity contribution in [1.29, 1.82) is 0 Å². The summed E-state index contributed by atoms with van der Waals surface area (Å²) in [7, 11) is -4.21. The number of rotatable bonds is 8. The average molecular weight is 414 g/mol. The third-order valence-electron chi connectivity index (χ3n) is 3.49. The second-order valence-corrected chi connectivity index (χ2v) is 7.60. The Morgan fingerprint density at radius 2 is 1.96 bits per heavy atom. The minimum Gasteiger partial charge on any atom is -0.461 e. The number of hydrogen-bond acceptors (Lipinski definition) is 6. The molecular formula is C17H20ClN3O5S. The van der Waals surface area contributed by atoms with Gasteiger partial charge in [-0.1, -0.05) is 18.5 Å². The lowest BCUT2D eigenvalue weighted by Gasteiger charge is -2.15. The third-order valence-corrected chi connectivity index (χ3v) is 5.45. The molecule has 1 aromatic carbocycles. The van der Waals surface area contributed by atoms with Crippen LogP contribution in [0.2, 0.25) is 5.02 Å². The first-order valence-corrected chi connectivity index (χ1v) is 10.0. The first kappa shape index (κ1) is 20.9. The summed E-state index contributed by atoms with van der Waals surface area (Å²) in [5, 5.41) is 5.56. The van der Waals surface area contributed by atoms with Crippen LogP contribution in [0.15, 0.2) is 41.4 Å². The predicted molar refractivity (Wildman–Crippen MR) is 102 cm³/mol. The number of carbonyl (C=O) groups excluding carboxylic acids is 2. The summed E-state index contributed by atoms with van der Waals surface area (Å²) in [6.45, 7) is 4.18. The lowest BCUT2D eigenvalue weighted by atomic mass is 10.3. The van der Waals surface area contributed by atoms with Crippen molar-refractivity contribution in [2.75, 3.05) is 25.0 Å². The van der Waals surface area contributed by atoms with Crippen molar-refractivity contribution < 1.29 is 22.7 Å². The molecule has 0 aliphatic carbocycles. The minimum atomic E-state index is -4.21. The van der Waals surface area contributed by atoms with E-state index in [9.17, 15) is 18.0 Å². The van der Waals surface area contributed by atoms with Crippen LogP contribution in [-0.2, 0) is 19.6 Å². The molecule has 0 saturated carbocycles. The van der Waals surface area contributed by atoms with Crippen molar-refractivity contribution >= 4 is 39.2 Å². The van der Waals surface area contributed by atoms with Gasteiger partial charge in [0.1, 0.15) is 10.6 Å². The highest BCUT2D eigenvalue weighted by Crippen LogP contribution is 2.28. The number of hydrogen-bond donors (Lipinski definition) is 2. The Bertz CT molecular complexity index is 940. The Morgan fingerprint density at radius 1 is 1.22 bits per heavy atom. The topological polar surface area (TPSA) is 107 Å². The molecule has 1 heterocycles. The van der Waals surface area contributed by atoms with Gasteiger partial charge in [-0.25, -0.2) is 17.2 Å². The van der Waals surface area contributed by atoms with E-state index < -0.39 is 21.9 Å². The Kier molecular flexibility index (Phi) is 7.00. The summed E-state index contributed by atoms with van der Waals surface area (Å²) in [5.41, 5.74) is -0.0902. The van der Waals surface area contributed by atoms with E-state index in [2.05, 4.69) is 10.6 Å². The van der Waals surface area contributed by atoms with Gasteiger partial charge in [-0.2, -0.15) is 0 Å². The van der Waals surface area contributed by atoms with Gasteiger partial charge >= 0.3 is 5.97 Å². The first-order valence-electron chi connectivity index (χ1n) is 8.21. The van der Waals surface area contributed by atoms with Gasteiger partial charge < -0.3 is 15.4 Å². The van der Waals surface area contributed by atoms with E-state index in [4.69, 9.17) is 16.3 Å². The molecule has 0 unspecified atom stereocenters. The van der Waals surface area contributed by atoms with Gasteiger partial charge in [-0.3, -0.25) is 4.79 Å². The number of halogens is 1. The highest BCUT2D eigenvalue weighted by Gasteiger charge is 2.26. The molecule has 0 radical (unpaired) electrons. The zero-order valence-electron chi connectivity index (χ0n) is 14.9. The summed E-state index contributed by atoms with van der Waals surface area (Å²) in [5.74, 6) is -1.18. The molecule has 0 atom stereocenters. The zero-order chi connectivity index (χ0) is 20.0. The van der Waals surface area contributed by atoms with E-state index in [0.717, 1.165) is 3.97 Å². The molecular weight excluding hydrogens is 394 g/mol. The van der Waals surface area contributed by atoms with Gasteiger partial charge in [-0.05, 0) is 43.8 Å². The van der Waals surface area contributed by atoms with Gasteiger partial charge in [0.25, 0.3) is 10.0 Å². The van der Waals surface area contributed by atoms with E-state index in [-0.39, 0.29) is 34.5 Å². The quantitative estimate of drug-likeness (QED) is 0.642.